The summed E-state index contributed by atoms with van der Waals surface area (Å²) in [4.78, 5) is 5.49. The van der Waals surface area contributed by atoms with E-state index in [9.17, 15) is 0 Å². The van der Waals surface area contributed by atoms with Crippen LogP contribution in [0.15, 0.2) is 22.7 Å². The van der Waals surface area contributed by atoms with E-state index in [0.717, 1.165) is 39.2 Å². The van der Waals surface area contributed by atoms with E-state index in [4.69, 9.17) is 4.74 Å². The minimum atomic E-state index is 0.280. The molecule has 0 saturated carbocycles. The molecule has 0 aromatic heterocycles. The maximum Gasteiger partial charge on any atom is 0.0812 e. The van der Waals surface area contributed by atoms with Gasteiger partial charge in [0, 0.05) is 48.7 Å². The number of ether oxygens (including phenoxy) is 1. The van der Waals surface area contributed by atoms with E-state index in [2.05, 4.69) is 70.0 Å². The van der Waals surface area contributed by atoms with Crippen molar-refractivity contribution < 1.29 is 4.74 Å². The summed E-state index contributed by atoms with van der Waals surface area (Å²) >= 11 is 3.64. The van der Waals surface area contributed by atoms with Crippen molar-refractivity contribution in [2.45, 2.75) is 63.8 Å². The molecule has 4 nitrogen and oxygen atoms in total. The Kier molecular flexibility index (Phi) is 5.96. The van der Waals surface area contributed by atoms with Crippen molar-refractivity contribution in [3.63, 3.8) is 0 Å². The number of nitrogens with zero attached hydrogens (tertiary/aromatic N) is 2. The molecule has 2 heterocycles. The Hall–Kier alpha value is -0.460. The van der Waals surface area contributed by atoms with Gasteiger partial charge in [-0.25, -0.2) is 0 Å². The molecule has 1 aliphatic carbocycles. The second kappa shape index (κ2) is 8.11. The van der Waals surface area contributed by atoms with Crippen LogP contribution in [-0.2, 0) is 11.2 Å². The Bertz CT molecular complexity index is 661. The molecule has 1 aromatic carbocycles. The molecule has 2 saturated heterocycles. The van der Waals surface area contributed by atoms with Crippen LogP contribution >= 0.6 is 15.9 Å². The van der Waals surface area contributed by atoms with Crippen molar-refractivity contribution in [2.24, 2.45) is 0 Å². The van der Waals surface area contributed by atoms with Gasteiger partial charge in [-0.2, -0.15) is 0 Å². The standard InChI is InChI=1S/C22H34BrN3O/c1-4-27-20-14-17-13-18(23)5-6-19(17)21(20)26-12-11-25(15-16(26)2)22(3)7-9-24-10-8-22/h5-6,13,16,20-21,24H,4,7-12,14-15H2,1-3H3/t16?,20?,21-/m1/s1. The number of piperidine rings is 1. The summed E-state index contributed by atoms with van der Waals surface area (Å²) in [5.41, 5.74) is 3.29. The monoisotopic (exact) mass is 435 g/mol. The molecule has 0 bridgehead atoms. The van der Waals surface area contributed by atoms with Gasteiger partial charge in [0.15, 0.2) is 0 Å². The average molecular weight is 436 g/mol. The van der Waals surface area contributed by atoms with E-state index < -0.39 is 0 Å². The van der Waals surface area contributed by atoms with E-state index in [-0.39, 0.29) is 6.10 Å². The van der Waals surface area contributed by atoms with Gasteiger partial charge in [-0.05, 0) is 70.0 Å². The highest BCUT2D eigenvalue weighted by atomic mass is 79.9. The third kappa shape index (κ3) is 3.86. The highest BCUT2D eigenvalue weighted by Crippen LogP contribution is 2.41. The molecular weight excluding hydrogens is 402 g/mol. The van der Waals surface area contributed by atoms with Crippen molar-refractivity contribution in [3.8, 4) is 0 Å². The topological polar surface area (TPSA) is 27.7 Å². The van der Waals surface area contributed by atoms with E-state index in [1.165, 1.54) is 35.0 Å². The third-order valence-electron chi connectivity index (χ3n) is 7.06. The molecule has 2 fully saturated rings. The number of benzene rings is 1. The normalized spacial score (nSPS) is 31.8. The molecule has 3 aliphatic rings. The molecule has 4 rings (SSSR count). The minimum absolute atomic E-state index is 0.280. The molecule has 27 heavy (non-hydrogen) atoms. The maximum atomic E-state index is 6.22. The quantitative estimate of drug-likeness (QED) is 0.781. The predicted octanol–water partition coefficient (Wildman–Crippen LogP) is 3.60. The second-order valence-electron chi connectivity index (χ2n) is 8.77. The Morgan fingerprint density at radius 3 is 2.74 bits per heavy atom. The van der Waals surface area contributed by atoms with Crippen LogP contribution in [0.1, 0.15) is 50.8 Å². The van der Waals surface area contributed by atoms with Crippen molar-refractivity contribution in [1.29, 1.82) is 0 Å². The van der Waals surface area contributed by atoms with Crippen LogP contribution in [-0.4, -0.2) is 66.8 Å². The number of hydrogen-bond donors (Lipinski definition) is 1. The highest BCUT2D eigenvalue weighted by Gasteiger charge is 2.43. The summed E-state index contributed by atoms with van der Waals surface area (Å²) < 4.78 is 7.40. The first-order chi connectivity index (χ1) is 13.0. The summed E-state index contributed by atoms with van der Waals surface area (Å²) in [5.74, 6) is 0. The summed E-state index contributed by atoms with van der Waals surface area (Å²) in [6, 6.07) is 7.74. The van der Waals surface area contributed by atoms with Crippen LogP contribution in [0.5, 0.6) is 0 Å². The highest BCUT2D eigenvalue weighted by molar-refractivity contribution is 9.10. The molecule has 0 radical (unpaired) electrons. The first-order valence-electron chi connectivity index (χ1n) is 10.6. The molecule has 1 N–H and O–H groups in total. The second-order valence-corrected chi connectivity index (χ2v) is 9.68. The average Bonchev–Trinajstić information content (AvgIpc) is 2.99. The lowest BCUT2D eigenvalue weighted by Gasteiger charge is -2.52. The molecule has 2 aliphatic heterocycles. The van der Waals surface area contributed by atoms with Gasteiger partial charge in [-0.15, -0.1) is 0 Å². The van der Waals surface area contributed by atoms with Crippen LogP contribution in [0.3, 0.4) is 0 Å². The van der Waals surface area contributed by atoms with Gasteiger partial charge < -0.3 is 10.1 Å². The Labute approximate surface area is 172 Å². The number of rotatable bonds is 4. The summed E-state index contributed by atoms with van der Waals surface area (Å²) in [7, 11) is 0. The van der Waals surface area contributed by atoms with Gasteiger partial charge in [0.25, 0.3) is 0 Å². The number of fused-ring (bicyclic) bond motifs is 1. The zero-order chi connectivity index (χ0) is 19.0. The minimum Gasteiger partial charge on any atom is -0.376 e. The first kappa shape index (κ1) is 19.8. The lowest BCUT2D eigenvalue weighted by Crippen LogP contribution is -2.62. The van der Waals surface area contributed by atoms with Gasteiger partial charge in [-0.3, -0.25) is 9.80 Å². The molecule has 0 amide bonds. The molecule has 150 valence electrons. The van der Waals surface area contributed by atoms with Crippen molar-refractivity contribution in [2.75, 3.05) is 39.3 Å². The van der Waals surface area contributed by atoms with Gasteiger partial charge in [-0.1, -0.05) is 22.0 Å². The van der Waals surface area contributed by atoms with Gasteiger partial charge in [0.2, 0.25) is 0 Å². The molecule has 5 heteroatoms. The summed E-state index contributed by atoms with van der Waals surface area (Å²) in [6.07, 6.45) is 3.84. The van der Waals surface area contributed by atoms with Crippen LogP contribution < -0.4 is 5.32 Å². The first-order valence-corrected chi connectivity index (χ1v) is 11.4. The fourth-order valence-electron chi connectivity index (χ4n) is 5.48. The fraction of sp³-hybridized carbons (Fsp3) is 0.727. The third-order valence-corrected chi connectivity index (χ3v) is 7.55. The zero-order valence-electron chi connectivity index (χ0n) is 17.0. The van der Waals surface area contributed by atoms with Gasteiger partial charge in [0.05, 0.1) is 12.1 Å². The maximum absolute atomic E-state index is 6.22. The largest absolute Gasteiger partial charge is 0.376 e. The summed E-state index contributed by atoms with van der Waals surface area (Å²) in [5, 5.41) is 3.52. The smallest absolute Gasteiger partial charge is 0.0812 e. The molecule has 0 spiro atoms. The van der Waals surface area contributed by atoms with E-state index >= 15 is 0 Å². The Morgan fingerprint density at radius 2 is 2.04 bits per heavy atom. The SMILES string of the molecule is CCOC1Cc2cc(Br)ccc2[C@H]1N1CCN(C2(C)CCNCC2)CC1C. The lowest BCUT2D eigenvalue weighted by molar-refractivity contribution is -0.0588. The summed E-state index contributed by atoms with van der Waals surface area (Å²) in [6.45, 7) is 13.6. The lowest BCUT2D eigenvalue weighted by atomic mass is 9.87. The van der Waals surface area contributed by atoms with Crippen molar-refractivity contribution in [1.82, 2.24) is 15.1 Å². The van der Waals surface area contributed by atoms with Crippen LogP contribution in [0, 0.1) is 0 Å². The molecule has 1 aromatic rings. The van der Waals surface area contributed by atoms with E-state index in [1.54, 1.807) is 0 Å². The Balaban J connectivity index is 1.53. The van der Waals surface area contributed by atoms with Crippen molar-refractivity contribution in [3.05, 3.63) is 33.8 Å². The van der Waals surface area contributed by atoms with Gasteiger partial charge in [0.1, 0.15) is 0 Å². The van der Waals surface area contributed by atoms with E-state index in [0.29, 0.717) is 17.6 Å². The van der Waals surface area contributed by atoms with Gasteiger partial charge >= 0.3 is 0 Å². The molecule has 3 atom stereocenters. The van der Waals surface area contributed by atoms with Crippen LogP contribution in [0.4, 0.5) is 0 Å². The van der Waals surface area contributed by atoms with Crippen LogP contribution in [0.2, 0.25) is 0 Å². The van der Waals surface area contributed by atoms with Crippen LogP contribution in [0.25, 0.3) is 0 Å². The number of halogens is 1. The van der Waals surface area contributed by atoms with E-state index in [1.807, 2.05) is 0 Å². The number of piperazine rings is 1. The molecular formula is C22H34BrN3O. The predicted molar refractivity (Wildman–Crippen MR) is 114 cm³/mol. The Morgan fingerprint density at radius 1 is 1.26 bits per heavy atom. The number of nitrogens with one attached hydrogen (secondary N) is 1. The number of hydrogen-bond acceptors (Lipinski definition) is 4. The van der Waals surface area contributed by atoms with Crippen molar-refractivity contribution >= 4 is 15.9 Å². The zero-order valence-corrected chi connectivity index (χ0v) is 18.6. The molecule has 2 unspecified atom stereocenters. The fourth-order valence-corrected chi connectivity index (χ4v) is 5.89.